The first-order valence-corrected chi connectivity index (χ1v) is 7.98. The first-order chi connectivity index (χ1) is 12.4. The van der Waals surface area contributed by atoms with E-state index in [2.05, 4.69) is 15.0 Å². The van der Waals surface area contributed by atoms with Gasteiger partial charge in [-0.05, 0) is 30.0 Å². The van der Waals surface area contributed by atoms with Gasteiger partial charge in [0.1, 0.15) is 11.5 Å². The van der Waals surface area contributed by atoms with Crippen molar-refractivity contribution in [2.75, 3.05) is 0 Å². The Morgan fingerprint density at radius 2 is 1.58 bits per heavy atom. The van der Waals surface area contributed by atoms with E-state index in [4.69, 9.17) is 0 Å². The van der Waals surface area contributed by atoms with Crippen LogP contribution in [0, 0.1) is 5.82 Å². The predicted octanol–water partition coefficient (Wildman–Crippen LogP) is 4.41. The van der Waals surface area contributed by atoms with Gasteiger partial charge in [-0.15, -0.1) is 0 Å². The lowest BCUT2D eigenvalue weighted by Gasteiger charge is -2.08. The number of rotatable bonds is 5. The molecule has 3 aromatic rings. The van der Waals surface area contributed by atoms with E-state index < -0.39 is 17.7 Å². The van der Waals surface area contributed by atoms with E-state index in [9.17, 15) is 17.6 Å². The highest BCUT2D eigenvalue weighted by Crippen LogP contribution is 2.27. The third kappa shape index (κ3) is 4.62. The fourth-order valence-corrected chi connectivity index (χ4v) is 2.49. The zero-order valence-corrected chi connectivity index (χ0v) is 13.7. The van der Waals surface area contributed by atoms with Gasteiger partial charge in [-0.2, -0.15) is 13.2 Å². The maximum absolute atomic E-state index is 13.9. The zero-order valence-electron chi connectivity index (χ0n) is 13.7. The monoisotopic (exact) mass is 361 g/mol. The molecule has 0 N–H and O–H groups in total. The molecule has 0 spiro atoms. The molecule has 0 aliphatic carbocycles. The lowest BCUT2D eigenvalue weighted by Crippen LogP contribution is -2.08. The Hall–Kier alpha value is -2.83. The summed E-state index contributed by atoms with van der Waals surface area (Å²) < 4.78 is 51.6. The Balaban J connectivity index is 1.71. The Bertz CT molecular complexity index is 862. The van der Waals surface area contributed by atoms with Crippen molar-refractivity contribution in [2.45, 2.75) is 25.4 Å². The molecule has 0 saturated carbocycles. The Morgan fingerprint density at radius 3 is 2.23 bits per heavy atom. The molecule has 0 aliphatic heterocycles. The highest BCUT2D eigenvalue weighted by molar-refractivity contribution is 5.21. The van der Waals surface area contributed by atoms with Crippen molar-refractivity contribution in [3.63, 3.8) is 0 Å². The Labute approximate surface area is 147 Å². The number of nitrogens with zero attached hydrogens (tertiary/aromatic N) is 3. The summed E-state index contributed by atoms with van der Waals surface area (Å²) in [6, 6.07) is 11.9. The van der Waals surface area contributed by atoms with Crippen LogP contribution in [0.15, 0.2) is 54.9 Å². The number of halogens is 4. The molecule has 2 heterocycles. The molecule has 0 saturated heterocycles. The van der Waals surface area contributed by atoms with Gasteiger partial charge in [-0.3, -0.25) is 4.98 Å². The molecular weight excluding hydrogens is 346 g/mol. The third-order valence-corrected chi connectivity index (χ3v) is 3.84. The fourth-order valence-electron chi connectivity index (χ4n) is 2.49. The number of pyridine rings is 1. The quantitative estimate of drug-likeness (QED) is 0.632. The standard InChI is InChI=1S/C19H15F4N3/c20-15-12-25-18(10-14-7-9-17(24-11-14)19(21,22)23)26-16(15)8-6-13-4-2-1-3-5-13/h1-5,7,9,11-12H,6,8,10H2. The van der Waals surface area contributed by atoms with Gasteiger partial charge in [-0.1, -0.05) is 36.4 Å². The van der Waals surface area contributed by atoms with Crippen LogP contribution in [0.2, 0.25) is 0 Å². The van der Waals surface area contributed by atoms with Crippen molar-refractivity contribution < 1.29 is 17.6 Å². The molecule has 0 fully saturated rings. The summed E-state index contributed by atoms with van der Waals surface area (Å²) in [5.74, 6) is -0.147. The van der Waals surface area contributed by atoms with Gasteiger partial charge in [-0.25, -0.2) is 14.4 Å². The highest BCUT2D eigenvalue weighted by Gasteiger charge is 2.32. The number of alkyl halides is 3. The van der Waals surface area contributed by atoms with Crippen molar-refractivity contribution >= 4 is 0 Å². The predicted molar refractivity (Wildman–Crippen MR) is 87.9 cm³/mol. The molecule has 0 radical (unpaired) electrons. The average molecular weight is 361 g/mol. The molecule has 0 bridgehead atoms. The summed E-state index contributed by atoms with van der Waals surface area (Å²) in [6.45, 7) is 0. The molecule has 0 amide bonds. The first kappa shape index (κ1) is 18.0. The van der Waals surface area contributed by atoms with Crippen molar-refractivity contribution in [2.24, 2.45) is 0 Å². The van der Waals surface area contributed by atoms with Gasteiger partial charge in [0.05, 0.1) is 11.9 Å². The Morgan fingerprint density at radius 1 is 0.808 bits per heavy atom. The SMILES string of the molecule is Fc1cnc(Cc2ccc(C(F)(F)F)nc2)nc1CCc1ccccc1. The van der Waals surface area contributed by atoms with Crippen LogP contribution in [0.25, 0.3) is 0 Å². The topological polar surface area (TPSA) is 38.7 Å². The summed E-state index contributed by atoms with van der Waals surface area (Å²) in [5.41, 5.74) is 0.932. The van der Waals surface area contributed by atoms with Gasteiger partial charge < -0.3 is 0 Å². The van der Waals surface area contributed by atoms with E-state index in [1.165, 1.54) is 6.07 Å². The first-order valence-electron chi connectivity index (χ1n) is 7.98. The van der Waals surface area contributed by atoms with Crippen molar-refractivity contribution in [1.29, 1.82) is 0 Å². The van der Waals surface area contributed by atoms with E-state index in [1.54, 1.807) is 0 Å². The van der Waals surface area contributed by atoms with Gasteiger partial charge in [0.25, 0.3) is 0 Å². The molecule has 7 heteroatoms. The minimum Gasteiger partial charge on any atom is -0.251 e. The van der Waals surface area contributed by atoms with Crippen LogP contribution in [0.3, 0.4) is 0 Å². The van der Waals surface area contributed by atoms with Gasteiger partial charge in [0.15, 0.2) is 5.82 Å². The van der Waals surface area contributed by atoms with Crippen LogP contribution < -0.4 is 0 Å². The van der Waals surface area contributed by atoms with Crippen LogP contribution in [0.4, 0.5) is 17.6 Å². The van der Waals surface area contributed by atoms with Crippen molar-refractivity contribution in [3.8, 4) is 0 Å². The molecule has 0 unspecified atom stereocenters. The average Bonchev–Trinajstić information content (AvgIpc) is 2.63. The van der Waals surface area contributed by atoms with E-state index in [0.717, 1.165) is 24.0 Å². The van der Waals surface area contributed by atoms with Gasteiger partial charge >= 0.3 is 6.18 Å². The van der Waals surface area contributed by atoms with Crippen LogP contribution in [-0.2, 0) is 25.4 Å². The van der Waals surface area contributed by atoms with Crippen molar-refractivity contribution in [1.82, 2.24) is 15.0 Å². The van der Waals surface area contributed by atoms with Crippen LogP contribution in [0.5, 0.6) is 0 Å². The second-order valence-electron chi connectivity index (χ2n) is 5.79. The smallest absolute Gasteiger partial charge is 0.251 e. The normalized spacial score (nSPS) is 11.5. The minimum absolute atomic E-state index is 0.184. The molecule has 3 nitrogen and oxygen atoms in total. The summed E-state index contributed by atoms with van der Waals surface area (Å²) in [7, 11) is 0. The molecule has 2 aromatic heterocycles. The van der Waals surface area contributed by atoms with Crippen molar-refractivity contribution in [3.05, 3.63) is 89.0 Å². The van der Waals surface area contributed by atoms with Gasteiger partial charge in [0, 0.05) is 12.6 Å². The maximum Gasteiger partial charge on any atom is 0.433 e. The van der Waals surface area contributed by atoms with Crippen LogP contribution in [0.1, 0.15) is 28.3 Å². The summed E-state index contributed by atoms with van der Waals surface area (Å²) in [5, 5.41) is 0. The number of hydrogen-bond acceptors (Lipinski definition) is 3. The zero-order chi connectivity index (χ0) is 18.6. The second-order valence-corrected chi connectivity index (χ2v) is 5.79. The third-order valence-electron chi connectivity index (χ3n) is 3.84. The van der Waals surface area contributed by atoms with Gasteiger partial charge in [0.2, 0.25) is 0 Å². The largest absolute Gasteiger partial charge is 0.433 e. The molecule has 0 aliphatic rings. The number of hydrogen-bond donors (Lipinski definition) is 0. The van der Waals surface area contributed by atoms with Crippen LogP contribution >= 0.6 is 0 Å². The maximum atomic E-state index is 13.9. The number of benzene rings is 1. The number of aryl methyl sites for hydroxylation is 2. The van der Waals surface area contributed by atoms with E-state index in [-0.39, 0.29) is 6.42 Å². The molecule has 3 rings (SSSR count). The summed E-state index contributed by atoms with van der Waals surface area (Å²) in [6.07, 6.45) is -1.01. The van der Waals surface area contributed by atoms with E-state index in [0.29, 0.717) is 29.9 Å². The van der Waals surface area contributed by atoms with E-state index >= 15 is 0 Å². The summed E-state index contributed by atoms with van der Waals surface area (Å²) in [4.78, 5) is 11.5. The fraction of sp³-hybridized carbons (Fsp3) is 0.211. The Kier molecular flexibility index (Phi) is 5.25. The summed E-state index contributed by atoms with van der Waals surface area (Å²) >= 11 is 0. The molecule has 26 heavy (non-hydrogen) atoms. The molecule has 0 atom stereocenters. The minimum atomic E-state index is -4.48. The van der Waals surface area contributed by atoms with Crippen LogP contribution in [-0.4, -0.2) is 15.0 Å². The molecule has 1 aromatic carbocycles. The number of aromatic nitrogens is 3. The molecular formula is C19H15F4N3. The lowest BCUT2D eigenvalue weighted by molar-refractivity contribution is -0.141. The van der Waals surface area contributed by atoms with E-state index in [1.807, 2.05) is 30.3 Å². The molecule has 134 valence electrons. The highest BCUT2D eigenvalue weighted by atomic mass is 19.4. The lowest BCUT2D eigenvalue weighted by atomic mass is 10.1. The second kappa shape index (κ2) is 7.59.